The minimum absolute atomic E-state index is 0.415. The molecule has 0 N–H and O–H groups in total. The molecular formula is C16H20N4O2. The van der Waals surface area contributed by atoms with Gasteiger partial charge < -0.3 is 9.47 Å². The van der Waals surface area contributed by atoms with Gasteiger partial charge in [0.15, 0.2) is 5.69 Å². The van der Waals surface area contributed by atoms with Gasteiger partial charge in [-0.1, -0.05) is 18.6 Å². The minimum atomic E-state index is 0.415. The fourth-order valence-corrected chi connectivity index (χ4v) is 2.11. The Balaban J connectivity index is 1.93. The summed E-state index contributed by atoms with van der Waals surface area (Å²) in [6, 6.07) is 9.52. The predicted octanol–water partition coefficient (Wildman–Crippen LogP) is 2.58. The molecular weight excluding hydrogens is 280 g/mol. The van der Waals surface area contributed by atoms with Crippen LogP contribution in [0.15, 0.2) is 24.3 Å². The summed E-state index contributed by atoms with van der Waals surface area (Å²) in [5.41, 5.74) is 1.31. The van der Waals surface area contributed by atoms with Crippen molar-refractivity contribution in [2.75, 3.05) is 13.7 Å². The molecule has 0 fully saturated rings. The highest BCUT2D eigenvalue weighted by Gasteiger charge is 2.11. The number of hydrogen-bond acceptors (Lipinski definition) is 5. The molecule has 0 saturated heterocycles. The smallest absolute Gasteiger partial charge is 0.185 e. The number of ether oxygens (including phenoxy) is 2. The van der Waals surface area contributed by atoms with E-state index >= 15 is 0 Å². The number of benzene rings is 1. The number of unbranched alkanes of at least 4 members (excludes halogenated alkanes) is 1. The topological polar surface area (TPSA) is 73.0 Å². The van der Waals surface area contributed by atoms with E-state index in [1.54, 1.807) is 11.8 Å². The molecule has 6 heteroatoms. The quantitative estimate of drug-likeness (QED) is 0.749. The molecule has 22 heavy (non-hydrogen) atoms. The average Bonchev–Trinajstić information content (AvgIpc) is 2.95. The number of rotatable bonds is 8. The first-order valence-corrected chi connectivity index (χ1v) is 7.37. The van der Waals surface area contributed by atoms with Gasteiger partial charge in [0.1, 0.15) is 24.2 Å². The maximum atomic E-state index is 9.07. The molecule has 0 aliphatic carbocycles. The van der Waals surface area contributed by atoms with Crippen molar-refractivity contribution in [1.29, 1.82) is 5.26 Å². The van der Waals surface area contributed by atoms with Gasteiger partial charge in [0, 0.05) is 0 Å². The van der Waals surface area contributed by atoms with E-state index in [2.05, 4.69) is 23.3 Å². The summed E-state index contributed by atoms with van der Waals surface area (Å²) in [4.78, 5) is 0. The molecule has 2 rings (SSSR count). The van der Waals surface area contributed by atoms with Gasteiger partial charge in [-0.25, -0.2) is 4.68 Å². The molecule has 2 aromatic rings. The number of nitrogens with zero attached hydrogens (tertiary/aromatic N) is 4. The Labute approximate surface area is 130 Å². The van der Waals surface area contributed by atoms with E-state index < -0.39 is 0 Å². The van der Waals surface area contributed by atoms with E-state index in [9.17, 15) is 0 Å². The number of hydrogen-bond donors (Lipinski definition) is 0. The third-order valence-corrected chi connectivity index (χ3v) is 3.34. The van der Waals surface area contributed by atoms with E-state index in [-0.39, 0.29) is 0 Å². The Morgan fingerprint density at radius 3 is 2.59 bits per heavy atom. The predicted molar refractivity (Wildman–Crippen MR) is 81.8 cm³/mol. The number of nitriles is 1. The Hall–Kier alpha value is -2.55. The number of aromatic nitrogens is 3. The second-order valence-electron chi connectivity index (χ2n) is 4.85. The lowest BCUT2D eigenvalue weighted by Gasteiger charge is -2.09. The first kappa shape index (κ1) is 15.8. The van der Waals surface area contributed by atoms with Crippen LogP contribution in [-0.4, -0.2) is 28.7 Å². The number of methoxy groups -OCH3 is 1. The average molecular weight is 300 g/mol. The van der Waals surface area contributed by atoms with Crippen molar-refractivity contribution in [2.24, 2.45) is 0 Å². The summed E-state index contributed by atoms with van der Waals surface area (Å²) in [7, 11) is 1.63. The molecule has 0 radical (unpaired) electrons. The zero-order chi connectivity index (χ0) is 15.8. The Bertz CT molecular complexity index is 629. The zero-order valence-corrected chi connectivity index (χ0v) is 13.0. The standard InChI is InChI=1S/C16H20N4O2/c1-3-4-5-16-15(12-17)18-19-20(16)10-11-22-14-8-6-13(21-2)7-9-14/h6-9H,3-5,10-11H2,1-2H3. The van der Waals surface area contributed by atoms with Gasteiger partial charge in [0.05, 0.1) is 19.3 Å². The Morgan fingerprint density at radius 1 is 1.23 bits per heavy atom. The summed E-state index contributed by atoms with van der Waals surface area (Å²) < 4.78 is 12.5. The maximum absolute atomic E-state index is 9.07. The maximum Gasteiger partial charge on any atom is 0.185 e. The third kappa shape index (κ3) is 3.98. The lowest BCUT2D eigenvalue weighted by molar-refractivity contribution is 0.286. The molecule has 0 spiro atoms. The van der Waals surface area contributed by atoms with Crippen LogP contribution in [0, 0.1) is 11.3 Å². The summed E-state index contributed by atoms with van der Waals surface area (Å²) in [5, 5.41) is 17.0. The molecule has 0 atom stereocenters. The molecule has 0 amide bonds. The van der Waals surface area contributed by atoms with Crippen LogP contribution in [0.1, 0.15) is 31.2 Å². The second-order valence-corrected chi connectivity index (χ2v) is 4.85. The highest BCUT2D eigenvalue weighted by atomic mass is 16.5. The van der Waals surface area contributed by atoms with Crippen molar-refractivity contribution in [3.05, 3.63) is 35.7 Å². The molecule has 1 aromatic carbocycles. The molecule has 1 heterocycles. The largest absolute Gasteiger partial charge is 0.497 e. The molecule has 0 aliphatic rings. The van der Waals surface area contributed by atoms with Gasteiger partial charge in [-0.2, -0.15) is 5.26 Å². The van der Waals surface area contributed by atoms with Gasteiger partial charge >= 0.3 is 0 Å². The minimum Gasteiger partial charge on any atom is -0.497 e. The zero-order valence-electron chi connectivity index (χ0n) is 13.0. The summed E-state index contributed by atoms with van der Waals surface area (Å²) >= 11 is 0. The van der Waals surface area contributed by atoms with E-state index in [4.69, 9.17) is 14.7 Å². The normalized spacial score (nSPS) is 10.2. The summed E-state index contributed by atoms with van der Waals surface area (Å²) in [6.45, 7) is 3.16. The van der Waals surface area contributed by atoms with Crippen molar-refractivity contribution in [3.63, 3.8) is 0 Å². The first-order valence-electron chi connectivity index (χ1n) is 7.37. The van der Waals surface area contributed by atoms with Crippen molar-refractivity contribution >= 4 is 0 Å². The molecule has 116 valence electrons. The molecule has 6 nitrogen and oxygen atoms in total. The van der Waals surface area contributed by atoms with E-state index in [0.717, 1.165) is 36.5 Å². The van der Waals surface area contributed by atoms with Gasteiger partial charge in [0.2, 0.25) is 0 Å². The monoisotopic (exact) mass is 300 g/mol. The molecule has 0 bridgehead atoms. The Kier molecular flexibility index (Phi) is 5.78. The van der Waals surface area contributed by atoms with Crippen molar-refractivity contribution < 1.29 is 9.47 Å². The van der Waals surface area contributed by atoms with Crippen molar-refractivity contribution in [3.8, 4) is 17.6 Å². The SMILES string of the molecule is CCCCc1c(C#N)nnn1CCOc1ccc(OC)cc1. The molecule has 0 aliphatic heterocycles. The summed E-state index contributed by atoms with van der Waals surface area (Å²) in [6.07, 6.45) is 2.90. The molecule has 0 saturated carbocycles. The van der Waals surface area contributed by atoms with Crippen LogP contribution < -0.4 is 9.47 Å². The van der Waals surface area contributed by atoms with Crippen LogP contribution in [-0.2, 0) is 13.0 Å². The van der Waals surface area contributed by atoms with Crippen LogP contribution >= 0.6 is 0 Å². The van der Waals surface area contributed by atoms with Crippen LogP contribution in [0.5, 0.6) is 11.5 Å². The van der Waals surface area contributed by atoms with Crippen LogP contribution in [0.2, 0.25) is 0 Å². The van der Waals surface area contributed by atoms with Gasteiger partial charge in [0.25, 0.3) is 0 Å². The van der Waals surface area contributed by atoms with E-state index in [0.29, 0.717) is 18.8 Å². The lowest BCUT2D eigenvalue weighted by atomic mass is 10.2. The summed E-state index contributed by atoms with van der Waals surface area (Å²) in [5.74, 6) is 1.57. The third-order valence-electron chi connectivity index (χ3n) is 3.34. The van der Waals surface area contributed by atoms with Gasteiger partial charge in [-0.15, -0.1) is 5.10 Å². The van der Waals surface area contributed by atoms with Crippen LogP contribution in [0.25, 0.3) is 0 Å². The highest BCUT2D eigenvalue weighted by molar-refractivity contribution is 5.31. The van der Waals surface area contributed by atoms with Gasteiger partial charge in [-0.3, -0.25) is 0 Å². The fraction of sp³-hybridized carbons (Fsp3) is 0.438. The van der Waals surface area contributed by atoms with Crippen molar-refractivity contribution in [2.45, 2.75) is 32.7 Å². The fourth-order valence-electron chi connectivity index (χ4n) is 2.11. The molecule has 1 aromatic heterocycles. The van der Waals surface area contributed by atoms with Crippen molar-refractivity contribution in [1.82, 2.24) is 15.0 Å². The lowest BCUT2D eigenvalue weighted by Crippen LogP contribution is -2.12. The first-order chi connectivity index (χ1) is 10.8. The Morgan fingerprint density at radius 2 is 1.95 bits per heavy atom. The van der Waals surface area contributed by atoms with Crippen LogP contribution in [0.4, 0.5) is 0 Å². The van der Waals surface area contributed by atoms with Gasteiger partial charge in [-0.05, 0) is 37.1 Å². The highest BCUT2D eigenvalue weighted by Crippen LogP contribution is 2.17. The molecule has 0 unspecified atom stereocenters. The van der Waals surface area contributed by atoms with E-state index in [1.807, 2.05) is 24.3 Å². The second kappa shape index (κ2) is 8.03. The van der Waals surface area contributed by atoms with Crippen LogP contribution in [0.3, 0.4) is 0 Å². The van der Waals surface area contributed by atoms with E-state index in [1.165, 1.54) is 0 Å².